The number of esters is 1. The largest absolute Gasteiger partial charge is 0.460 e. The van der Waals surface area contributed by atoms with Gasteiger partial charge in [-0.25, -0.2) is 0 Å². The van der Waals surface area contributed by atoms with Crippen molar-refractivity contribution in [3.05, 3.63) is 0 Å². The summed E-state index contributed by atoms with van der Waals surface area (Å²) in [4.78, 5) is 10.2. The maximum atomic E-state index is 10.2. The molecule has 0 aliphatic heterocycles. The van der Waals surface area contributed by atoms with Crippen LogP contribution in [0.5, 0.6) is 0 Å². The van der Waals surface area contributed by atoms with Crippen molar-refractivity contribution in [1.29, 1.82) is 0 Å². The first kappa shape index (κ1) is 19.3. The minimum atomic E-state index is -0.328. The van der Waals surface area contributed by atoms with Crippen LogP contribution in [0.3, 0.4) is 0 Å². The van der Waals surface area contributed by atoms with Crippen molar-refractivity contribution in [2.24, 2.45) is 5.92 Å². The first-order valence-electron chi connectivity index (χ1n) is 6.48. The van der Waals surface area contributed by atoms with Gasteiger partial charge in [-0.15, -0.1) is 0 Å². The quantitative estimate of drug-likeness (QED) is 0.408. The molecule has 1 unspecified atom stereocenters. The molecule has 0 radical (unpaired) electrons. The van der Waals surface area contributed by atoms with Gasteiger partial charge in [-0.3, -0.25) is 4.79 Å². The number of hydrogen-bond donors (Lipinski definition) is 0. The van der Waals surface area contributed by atoms with Crippen molar-refractivity contribution in [3.63, 3.8) is 0 Å². The number of carbonyl (C=O) groups is 1. The van der Waals surface area contributed by atoms with Gasteiger partial charge in [-0.1, -0.05) is 49.0 Å². The van der Waals surface area contributed by atoms with Crippen LogP contribution >= 0.6 is 15.9 Å². The number of unbranched alkanes of at least 4 members (excludes halogenated alkanes) is 2. The highest BCUT2D eigenvalue weighted by Gasteiger charge is 2.11. The zero-order valence-corrected chi connectivity index (χ0v) is 13.9. The molecule has 0 amide bonds. The topological polar surface area (TPSA) is 26.3 Å². The lowest BCUT2D eigenvalue weighted by molar-refractivity contribution is -0.151. The molecule has 0 aromatic rings. The first-order valence-corrected chi connectivity index (χ1v) is 7.60. The van der Waals surface area contributed by atoms with Crippen LogP contribution in [0.1, 0.15) is 67.2 Å². The predicted octanol–water partition coefficient (Wildman–Crippen LogP) is 4.95. The molecule has 2 nitrogen and oxygen atoms in total. The van der Waals surface area contributed by atoms with Gasteiger partial charge in [0, 0.05) is 12.3 Å². The molecule has 0 aliphatic rings. The Bertz CT molecular complexity index is 185. The molecule has 0 aromatic carbocycles. The Morgan fingerprint density at radius 1 is 1.29 bits per heavy atom. The minimum Gasteiger partial charge on any atom is -0.460 e. The van der Waals surface area contributed by atoms with E-state index < -0.39 is 0 Å². The Balaban J connectivity index is 0. The SMILES string of the molecule is CC(=O)OC(C)(C)C.CCCCCC(C)CBr. The fourth-order valence-corrected chi connectivity index (χ4v) is 1.57. The van der Waals surface area contributed by atoms with Crippen molar-refractivity contribution in [3.8, 4) is 0 Å². The van der Waals surface area contributed by atoms with E-state index in [1.165, 1.54) is 32.6 Å². The Labute approximate surface area is 116 Å². The lowest BCUT2D eigenvalue weighted by Crippen LogP contribution is -2.21. The zero-order valence-electron chi connectivity index (χ0n) is 12.3. The summed E-state index contributed by atoms with van der Waals surface area (Å²) in [6.07, 6.45) is 5.54. The molecule has 0 saturated heterocycles. The average molecular weight is 309 g/mol. The van der Waals surface area contributed by atoms with E-state index in [9.17, 15) is 4.79 Å². The monoisotopic (exact) mass is 308 g/mol. The molecular weight excluding hydrogens is 280 g/mol. The van der Waals surface area contributed by atoms with Gasteiger partial charge in [0.15, 0.2) is 0 Å². The molecule has 0 rings (SSSR count). The smallest absolute Gasteiger partial charge is 0.303 e. The van der Waals surface area contributed by atoms with Crippen molar-refractivity contribution in [2.75, 3.05) is 5.33 Å². The van der Waals surface area contributed by atoms with Gasteiger partial charge in [0.05, 0.1) is 0 Å². The molecule has 0 heterocycles. The van der Waals surface area contributed by atoms with Gasteiger partial charge < -0.3 is 4.74 Å². The van der Waals surface area contributed by atoms with Gasteiger partial charge in [-0.05, 0) is 33.1 Å². The molecule has 0 bridgehead atoms. The van der Waals surface area contributed by atoms with Gasteiger partial charge >= 0.3 is 5.97 Å². The third-order valence-electron chi connectivity index (χ3n) is 2.01. The fraction of sp³-hybridized carbons (Fsp3) is 0.929. The number of alkyl halides is 1. The summed E-state index contributed by atoms with van der Waals surface area (Å²) in [7, 11) is 0. The summed E-state index contributed by atoms with van der Waals surface area (Å²) < 4.78 is 4.80. The van der Waals surface area contributed by atoms with Crippen molar-refractivity contribution >= 4 is 21.9 Å². The zero-order chi connectivity index (χ0) is 13.9. The van der Waals surface area contributed by atoms with E-state index in [0.29, 0.717) is 0 Å². The summed E-state index contributed by atoms with van der Waals surface area (Å²) in [6, 6.07) is 0. The van der Waals surface area contributed by atoms with Gasteiger partial charge in [0.1, 0.15) is 5.60 Å². The van der Waals surface area contributed by atoms with Crippen molar-refractivity contribution < 1.29 is 9.53 Å². The van der Waals surface area contributed by atoms with Crippen LogP contribution < -0.4 is 0 Å². The molecule has 0 spiro atoms. The highest BCUT2D eigenvalue weighted by molar-refractivity contribution is 9.09. The Hall–Kier alpha value is -0.0500. The van der Waals surface area contributed by atoms with E-state index in [1.54, 1.807) is 0 Å². The lowest BCUT2D eigenvalue weighted by Gasteiger charge is -2.17. The molecule has 17 heavy (non-hydrogen) atoms. The normalized spacial score (nSPS) is 12.4. The van der Waals surface area contributed by atoms with E-state index in [2.05, 4.69) is 29.8 Å². The third-order valence-corrected chi connectivity index (χ3v) is 3.12. The second-order valence-electron chi connectivity index (χ2n) is 5.46. The van der Waals surface area contributed by atoms with Crippen LogP contribution in [-0.2, 0) is 9.53 Å². The molecule has 0 fully saturated rings. The van der Waals surface area contributed by atoms with Crippen molar-refractivity contribution in [2.45, 2.75) is 72.8 Å². The highest BCUT2D eigenvalue weighted by atomic mass is 79.9. The molecule has 0 N–H and O–H groups in total. The van der Waals surface area contributed by atoms with Crippen molar-refractivity contribution in [1.82, 2.24) is 0 Å². The summed E-state index contributed by atoms with van der Waals surface area (Å²) in [5.41, 5.74) is -0.328. The van der Waals surface area contributed by atoms with Crippen LogP contribution in [0.25, 0.3) is 0 Å². The number of ether oxygens (including phenoxy) is 1. The van der Waals surface area contributed by atoms with E-state index >= 15 is 0 Å². The molecular formula is C14H29BrO2. The number of carbonyl (C=O) groups excluding carboxylic acids is 1. The summed E-state index contributed by atoms with van der Waals surface area (Å²) >= 11 is 3.47. The van der Waals surface area contributed by atoms with E-state index in [-0.39, 0.29) is 11.6 Å². The fourth-order valence-electron chi connectivity index (χ4n) is 1.25. The third kappa shape index (κ3) is 21.7. The molecule has 1 atom stereocenters. The molecule has 0 aliphatic carbocycles. The second-order valence-corrected chi connectivity index (χ2v) is 6.11. The molecule has 0 saturated carbocycles. The van der Waals surface area contributed by atoms with Crippen LogP contribution in [0.4, 0.5) is 0 Å². The van der Waals surface area contributed by atoms with Crippen LogP contribution in [0.2, 0.25) is 0 Å². The van der Waals surface area contributed by atoms with Crippen LogP contribution in [0, 0.1) is 5.92 Å². The number of hydrogen-bond acceptors (Lipinski definition) is 2. The number of halogens is 1. The van der Waals surface area contributed by atoms with Gasteiger partial charge in [0.25, 0.3) is 0 Å². The average Bonchev–Trinajstić information content (AvgIpc) is 2.15. The summed E-state index contributed by atoms with van der Waals surface area (Å²) in [6.45, 7) is 11.5. The summed E-state index contributed by atoms with van der Waals surface area (Å²) in [5, 5.41) is 1.16. The Morgan fingerprint density at radius 3 is 2.06 bits per heavy atom. The summed E-state index contributed by atoms with van der Waals surface area (Å²) in [5.74, 6) is 0.647. The maximum absolute atomic E-state index is 10.2. The molecule has 3 heteroatoms. The second kappa shape index (κ2) is 11.1. The lowest BCUT2D eigenvalue weighted by atomic mass is 10.1. The van der Waals surface area contributed by atoms with Crippen LogP contribution in [0.15, 0.2) is 0 Å². The standard InChI is InChI=1S/C8H17Br.C6H12O2/c1-3-4-5-6-8(2)7-9;1-5(7)8-6(2,3)4/h8H,3-7H2,1-2H3;1-4H3. The first-order chi connectivity index (χ1) is 7.72. The van der Waals surface area contributed by atoms with Gasteiger partial charge in [0.2, 0.25) is 0 Å². The van der Waals surface area contributed by atoms with Crippen LogP contribution in [-0.4, -0.2) is 16.9 Å². The maximum Gasteiger partial charge on any atom is 0.303 e. The predicted molar refractivity (Wildman–Crippen MR) is 78.6 cm³/mol. The number of rotatable bonds is 5. The molecule has 0 aromatic heterocycles. The van der Waals surface area contributed by atoms with E-state index in [4.69, 9.17) is 4.74 Å². The molecule has 104 valence electrons. The Kier molecular flexibility index (Phi) is 12.6. The van der Waals surface area contributed by atoms with E-state index in [1.807, 2.05) is 20.8 Å². The highest BCUT2D eigenvalue weighted by Crippen LogP contribution is 2.10. The Morgan fingerprint density at radius 2 is 1.82 bits per heavy atom. The van der Waals surface area contributed by atoms with Gasteiger partial charge in [-0.2, -0.15) is 0 Å². The minimum absolute atomic E-state index is 0.225. The van der Waals surface area contributed by atoms with E-state index in [0.717, 1.165) is 11.2 Å².